The van der Waals surface area contributed by atoms with Crippen molar-refractivity contribution in [2.75, 3.05) is 6.61 Å². The van der Waals surface area contributed by atoms with Gasteiger partial charge < -0.3 is 4.74 Å². The number of hydrogen-bond donors (Lipinski definition) is 0. The molecule has 0 aliphatic carbocycles. The number of hydrogen-bond acceptors (Lipinski definition) is 2. The largest absolute Gasteiger partial charge is 0.462 e. The van der Waals surface area contributed by atoms with Crippen LogP contribution in [0.25, 0.3) is 5.57 Å². The van der Waals surface area contributed by atoms with Gasteiger partial charge in [0.25, 0.3) is 0 Å². The van der Waals surface area contributed by atoms with E-state index in [1.807, 2.05) is 36.4 Å². The van der Waals surface area contributed by atoms with E-state index in [2.05, 4.69) is 12.3 Å². The Kier molecular flexibility index (Phi) is 6.31. The first-order chi connectivity index (χ1) is 8.77. The standard InChI is InChI=1S/C16H18O2/c1-3-5-9-15(12-13-16(17)18-4-2)14-10-7-6-8-11-14/h3,6-8,10-11,13H,1,4-5,9H2,2H3. The van der Waals surface area contributed by atoms with Crippen LogP contribution in [0.1, 0.15) is 25.3 Å². The molecule has 0 amide bonds. The number of esters is 1. The monoisotopic (exact) mass is 242 g/mol. The van der Waals surface area contributed by atoms with Crippen molar-refractivity contribution in [3.63, 3.8) is 0 Å². The molecule has 0 heterocycles. The minimum Gasteiger partial charge on any atom is -0.462 e. The number of ether oxygens (including phenoxy) is 1. The molecule has 18 heavy (non-hydrogen) atoms. The smallest absolute Gasteiger partial charge is 0.338 e. The summed E-state index contributed by atoms with van der Waals surface area (Å²) in [6, 6.07) is 9.91. The SMILES string of the molecule is C=CCCC(=C=CC(=O)OCC)c1ccccc1. The molecule has 0 saturated heterocycles. The second-order valence-electron chi connectivity index (χ2n) is 3.71. The van der Waals surface area contributed by atoms with Gasteiger partial charge in [-0.2, -0.15) is 0 Å². The molecule has 2 heteroatoms. The summed E-state index contributed by atoms with van der Waals surface area (Å²) in [6.45, 7) is 5.87. The molecule has 0 unspecified atom stereocenters. The summed E-state index contributed by atoms with van der Waals surface area (Å²) in [4.78, 5) is 11.3. The topological polar surface area (TPSA) is 26.3 Å². The van der Waals surface area contributed by atoms with Crippen molar-refractivity contribution >= 4 is 11.5 Å². The molecule has 0 atom stereocenters. The Labute approximate surface area is 108 Å². The van der Waals surface area contributed by atoms with Crippen molar-refractivity contribution in [3.8, 4) is 0 Å². The first-order valence-electron chi connectivity index (χ1n) is 6.06. The van der Waals surface area contributed by atoms with E-state index in [1.165, 1.54) is 6.08 Å². The molecule has 0 spiro atoms. The van der Waals surface area contributed by atoms with Gasteiger partial charge in [-0.15, -0.1) is 12.3 Å². The summed E-state index contributed by atoms with van der Waals surface area (Å²) in [6.07, 6.45) is 4.88. The summed E-state index contributed by atoms with van der Waals surface area (Å²) in [5.74, 6) is -0.357. The second-order valence-corrected chi connectivity index (χ2v) is 3.71. The molecule has 0 saturated carbocycles. The highest BCUT2D eigenvalue weighted by Crippen LogP contribution is 2.18. The van der Waals surface area contributed by atoms with Crippen LogP contribution in [0.3, 0.4) is 0 Å². The van der Waals surface area contributed by atoms with Crippen LogP contribution in [-0.4, -0.2) is 12.6 Å². The maximum atomic E-state index is 11.3. The molecule has 94 valence electrons. The van der Waals surface area contributed by atoms with Crippen molar-refractivity contribution in [2.24, 2.45) is 0 Å². The molecule has 0 bridgehead atoms. The lowest BCUT2D eigenvalue weighted by Crippen LogP contribution is -1.98. The van der Waals surface area contributed by atoms with Crippen molar-refractivity contribution in [3.05, 3.63) is 60.4 Å². The summed E-state index contributed by atoms with van der Waals surface area (Å²) in [7, 11) is 0. The number of benzene rings is 1. The fourth-order valence-electron chi connectivity index (χ4n) is 1.52. The Bertz CT molecular complexity index is 451. The number of rotatable bonds is 6. The zero-order chi connectivity index (χ0) is 13.2. The lowest BCUT2D eigenvalue weighted by Gasteiger charge is -2.02. The van der Waals surface area contributed by atoms with Crippen molar-refractivity contribution < 1.29 is 9.53 Å². The third-order valence-corrected chi connectivity index (χ3v) is 2.37. The van der Waals surface area contributed by atoms with Crippen LogP contribution in [0.2, 0.25) is 0 Å². The highest BCUT2D eigenvalue weighted by molar-refractivity contribution is 5.83. The fourth-order valence-corrected chi connectivity index (χ4v) is 1.52. The quantitative estimate of drug-likeness (QED) is 0.328. The van der Waals surface area contributed by atoms with Gasteiger partial charge in [-0.3, -0.25) is 0 Å². The van der Waals surface area contributed by atoms with Crippen molar-refractivity contribution in [1.82, 2.24) is 0 Å². The predicted octanol–water partition coefficient (Wildman–Crippen LogP) is 3.75. The minimum absolute atomic E-state index is 0.357. The third kappa shape index (κ3) is 4.86. The molecule has 1 aromatic rings. The van der Waals surface area contributed by atoms with Gasteiger partial charge >= 0.3 is 5.97 Å². The van der Waals surface area contributed by atoms with Crippen LogP contribution in [0, 0.1) is 0 Å². The number of carbonyl (C=O) groups is 1. The number of allylic oxidation sites excluding steroid dienone is 1. The summed E-state index contributed by atoms with van der Waals surface area (Å²) in [5.41, 5.74) is 5.08. The maximum absolute atomic E-state index is 11.3. The number of carbonyl (C=O) groups excluding carboxylic acids is 1. The highest BCUT2D eigenvalue weighted by Gasteiger charge is 2.00. The Morgan fingerprint density at radius 2 is 2.11 bits per heavy atom. The summed E-state index contributed by atoms with van der Waals surface area (Å²) in [5, 5.41) is 0. The van der Waals surface area contributed by atoms with E-state index in [0.717, 1.165) is 24.0 Å². The molecule has 0 aliphatic heterocycles. The molecular formula is C16H18O2. The van der Waals surface area contributed by atoms with Crippen LogP contribution in [0.4, 0.5) is 0 Å². The lowest BCUT2D eigenvalue weighted by atomic mass is 10.0. The molecule has 2 nitrogen and oxygen atoms in total. The Balaban J connectivity index is 2.94. The van der Waals surface area contributed by atoms with E-state index in [4.69, 9.17) is 4.74 Å². The molecule has 0 radical (unpaired) electrons. The predicted molar refractivity (Wildman–Crippen MR) is 74.0 cm³/mol. The van der Waals surface area contributed by atoms with E-state index in [9.17, 15) is 4.79 Å². The third-order valence-electron chi connectivity index (χ3n) is 2.37. The fraction of sp³-hybridized carbons (Fsp3) is 0.250. The average Bonchev–Trinajstić information content (AvgIpc) is 2.40. The van der Waals surface area contributed by atoms with E-state index in [-0.39, 0.29) is 5.97 Å². The molecular weight excluding hydrogens is 224 g/mol. The van der Waals surface area contributed by atoms with Gasteiger partial charge in [-0.25, -0.2) is 4.79 Å². The Morgan fingerprint density at radius 1 is 1.39 bits per heavy atom. The van der Waals surface area contributed by atoms with E-state index in [1.54, 1.807) is 6.92 Å². The highest BCUT2D eigenvalue weighted by atomic mass is 16.5. The van der Waals surface area contributed by atoms with Gasteiger partial charge in [0, 0.05) is 5.57 Å². The Morgan fingerprint density at radius 3 is 2.72 bits per heavy atom. The molecule has 0 aliphatic rings. The molecule has 0 fully saturated rings. The van der Waals surface area contributed by atoms with E-state index < -0.39 is 0 Å². The summed E-state index contributed by atoms with van der Waals surface area (Å²) >= 11 is 0. The van der Waals surface area contributed by atoms with Crippen molar-refractivity contribution in [1.29, 1.82) is 0 Å². The van der Waals surface area contributed by atoms with Crippen LogP contribution >= 0.6 is 0 Å². The van der Waals surface area contributed by atoms with Crippen molar-refractivity contribution in [2.45, 2.75) is 19.8 Å². The Hall–Kier alpha value is -2.05. The van der Waals surface area contributed by atoms with Crippen LogP contribution in [0.15, 0.2) is 54.8 Å². The first kappa shape index (κ1) is 14.0. The first-order valence-corrected chi connectivity index (χ1v) is 6.06. The summed E-state index contributed by atoms with van der Waals surface area (Å²) < 4.78 is 4.84. The minimum atomic E-state index is -0.357. The average molecular weight is 242 g/mol. The van der Waals surface area contributed by atoms with Crippen LogP contribution in [-0.2, 0) is 9.53 Å². The van der Waals surface area contributed by atoms with Gasteiger partial charge in [0.2, 0.25) is 0 Å². The maximum Gasteiger partial charge on any atom is 0.338 e. The lowest BCUT2D eigenvalue weighted by molar-refractivity contribution is -0.137. The zero-order valence-corrected chi connectivity index (χ0v) is 10.7. The normalized spacial score (nSPS) is 9.17. The molecule has 1 aromatic carbocycles. The van der Waals surface area contributed by atoms with Gasteiger partial charge in [-0.05, 0) is 25.3 Å². The van der Waals surface area contributed by atoms with Gasteiger partial charge in [0.15, 0.2) is 0 Å². The molecule has 0 N–H and O–H groups in total. The van der Waals surface area contributed by atoms with Gasteiger partial charge in [0.1, 0.15) is 0 Å². The van der Waals surface area contributed by atoms with E-state index >= 15 is 0 Å². The van der Waals surface area contributed by atoms with Crippen LogP contribution < -0.4 is 0 Å². The van der Waals surface area contributed by atoms with E-state index in [0.29, 0.717) is 6.61 Å². The second kappa shape index (κ2) is 8.10. The van der Waals surface area contributed by atoms with Gasteiger partial charge in [0.05, 0.1) is 12.7 Å². The van der Waals surface area contributed by atoms with Crippen LogP contribution in [0.5, 0.6) is 0 Å². The molecule has 1 rings (SSSR count). The van der Waals surface area contributed by atoms with Gasteiger partial charge in [-0.1, -0.05) is 36.4 Å². The molecule has 0 aromatic heterocycles. The zero-order valence-electron chi connectivity index (χ0n) is 10.7.